The van der Waals surface area contributed by atoms with Crippen LogP contribution in [0.1, 0.15) is 25.3 Å². The summed E-state index contributed by atoms with van der Waals surface area (Å²) in [7, 11) is 0. The molecule has 0 spiro atoms. The number of rotatable bonds is 5. The average Bonchev–Trinajstić information content (AvgIpc) is 2.30. The molecule has 16 heavy (non-hydrogen) atoms. The van der Waals surface area contributed by atoms with Crippen LogP contribution in [0, 0.1) is 11.8 Å². The molecule has 0 heterocycles. The van der Waals surface area contributed by atoms with Gasteiger partial charge in [-0.05, 0) is 48.5 Å². The highest BCUT2D eigenvalue weighted by Gasteiger charge is 2.21. The Morgan fingerprint density at radius 1 is 1.06 bits per heavy atom. The number of nitrogens with two attached hydrogens (primary N) is 2. The van der Waals surface area contributed by atoms with Crippen LogP contribution in [0.4, 0.5) is 0 Å². The molecule has 1 aromatic carbocycles. The molecule has 0 aliphatic heterocycles. The van der Waals surface area contributed by atoms with Gasteiger partial charge in [0.2, 0.25) is 0 Å². The molecule has 1 aromatic rings. The average molecular weight is 241 g/mol. The summed E-state index contributed by atoms with van der Waals surface area (Å²) in [6, 6.07) is 8.02. The molecule has 0 radical (unpaired) electrons. The van der Waals surface area contributed by atoms with E-state index in [2.05, 4.69) is 26.0 Å². The maximum atomic E-state index is 5.87. The Labute approximate surface area is 103 Å². The van der Waals surface area contributed by atoms with E-state index in [-0.39, 0.29) is 0 Å². The van der Waals surface area contributed by atoms with Crippen molar-refractivity contribution < 1.29 is 0 Å². The van der Waals surface area contributed by atoms with Crippen molar-refractivity contribution in [3.8, 4) is 0 Å². The molecule has 4 N–H and O–H groups in total. The largest absolute Gasteiger partial charge is 0.330 e. The molecule has 2 nitrogen and oxygen atoms in total. The second kappa shape index (κ2) is 6.24. The van der Waals surface area contributed by atoms with Crippen LogP contribution < -0.4 is 11.5 Å². The van der Waals surface area contributed by atoms with E-state index in [1.165, 1.54) is 5.56 Å². The Hall–Kier alpha value is -0.570. The van der Waals surface area contributed by atoms with Crippen LogP contribution >= 0.6 is 11.6 Å². The van der Waals surface area contributed by atoms with E-state index < -0.39 is 0 Å². The predicted molar refractivity (Wildman–Crippen MR) is 70.6 cm³/mol. The zero-order chi connectivity index (χ0) is 12.1. The Bertz CT molecular complexity index is 306. The number of hydrogen-bond acceptors (Lipinski definition) is 2. The zero-order valence-corrected chi connectivity index (χ0v) is 10.7. The molecular weight excluding hydrogens is 220 g/mol. The second-order valence-corrected chi connectivity index (χ2v) is 4.87. The highest BCUT2D eigenvalue weighted by Crippen LogP contribution is 2.29. The lowest BCUT2D eigenvalue weighted by molar-refractivity contribution is 0.328. The molecule has 0 saturated heterocycles. The molecule has 0 fully saturated rings. The quantitative estimate of drug-likeness (QED) is 0.831. The molecule has 3 heteroatoms. The smallest absolute Gasteiger partial charge is 0.0406 e. The van der Waals surface area contributed by atoms with Gasteiger partial charge < -0.3 is 11.5 Å². The fraction of sp³-hybridized carbons (Fsp3) is 0.538. The molecule has 0 aliphatic carbocycles. The standard InChI is InChI=1S/C13H21ClN2/c1-9(10(2)12(7-15)8-16)11-3-5-13(14)6-4-11/h3-6,9-10,12H,7-8,15-16H2,1-2H3. The fourth-order valence-corrected chi connectivity index (χ4v) is 2.13. The molecule has 1 rings (SSSR count). The Morgan fingerprint density at radius 3 is 2.00 bits per heavy atom. The van der Waals surface area contributed by atoms with Gasteiger partial charge in [0, 0.05) is 5.02 Å². The van der Waals surface area contributed by atoms with Crippen molar-refractivity contribution in [3.05, 3.63) is 34.9 Å². The first-order chi connectivity index (χ1) is 7.60. The van der Waals surface area contributed by atoms with Crippen LogP contribution in [-0.4, -0.2) is 13.1 Å². The van der Waals surface area contributed by atoms with Gasteiger partial charge in [0.1, 0.15) is 0 Å². The fourth-order valence-electron chi connectivity index (χ4n) is 2.00. The molecule has 0 aromatic heterocycles. The number of hydrogen-bond donors (Lipinski definition) is 2. The van der Waals surface area contributed by atoms with Gasteiger partial charge in [0.05, 0.1) is 0 Å². The molecule has 0 aliphatic rings. The lowest BCUT2D eigenvalue weighted by Crippen LogP contribution is -2.31. The minimum Gasteiger partial charge on any atom is -0.330 e. The topological polar surface area (TPSA) is 52.0 Å². The van der Waals surface area contributed by atoms with E-state index in [1.807, 2.05) is 12.1 Å². The van der Waals surface area contributed by atoms with Gasteiger partial charge in [-0.3, -0.25) is 0 Å². The Morgan fingerprint density at radius 2 is 1.56 bits per heavy atom. The van der Waals surface area contributed by atoms with Crippen LogP contribution in [0.15, 0.2) is 24.3 Å². The van der Waals surface area contributed by atoms with Gasteiger partial charge in [0.15, 0.2) is 0 Å². The molecule has 0 bridgehead atoms. The minimum atomic E-state index is 0.380. The molecule has 0 amide bonds. The molecule has 0 saturated carbocycles. The van der Waals surface area contributed by atoms with Crippen molar-refractivity contribution in [3.63, 3.8) is 0 Å². The van der Waals surface area contributed by atoms with E-state index in [4.69, 9.17) is 23.1 Å². The predicted octanol–water partition coefficient (Wildman–Crippen LogP) is 2.61. The van der Waals surface area contributed by atoms with Crippen molar-refractivity contribution in [2.45, 2.75) is 19.8 Å². The summed E-state index contributed by atoms with van der Waals surface area (Å²) in [5, 5.41) is 0.776. The van der Waals surface area contributed by atoms with Crippen LogP contribution in [-0.2, 0) is 0 Å². The zero-order valence-electron chi connectivity index (χ0n) is 9.99. The third kappa shape index (κ3) is 3.21. The molecule has 90 valence electrons. The first kappa shape index (κ1) is 13.5. The van der Waals surface area contributed by atoms with Crippen LogP contribution in [0.5, 0.6) is 0 Å². The minimum absolute atomic E-state index is 0.380. The van der Waals surface area contributed by atoms with E-state index in [0.717, 1.165) is 5.02 Å². The normalized spacial score (nSPS) is 15.1. The maximum absolute atomic E-state index is 5.87. The first-order valence-electron chi connectivity index (χ1n) is 5.75. The summed E-state index contributed by atoms with van der Waals surface area (Å²) in [6.45, 7) is 5.72. The third-order valence-corrected chi connectivity index (χ3v) is 3.79. The Balaban J connectivity index is 2.76. The number of halogens is 1. The molecule has 2 unspecified atom stereocenters. The Kier molecular flexibility index (Phi) is 5.26. The first-order valence-corrected chi connectivity index (χ1v) is 6.13. The van der Waals surface area contributed by atoms with Crippen LogP contribution in [0.3, 0.4) is 0 Å². The van der Waals surface area contributed by atoms with Gasteiger partial charge in [-0.15, -0.1) is 0 Å². The van der Waals surface area contributed by atoms with E-state index in [0.29, 0.717) is 30.8 Å². The van der Waals surface area contributed by atoms with E-state index >= 15 is 0 Å². The second-order valence-electron chi connectivity index (χ2n) is 4.43. The van der Waals surface area contributed by atoms with Gasteiger partial charge in [-0.25, -0.2) is 0 Å². The summed E-state index contributed by atoms with van der Waals surface area (Å²) in [4.78, 5) is 0. The summed E-state index contributed by atoms with van der Waals surface area (Å²) < 4.78 is 0. The third-order valence-electron chi connectivity index (χ3n) is 3.53. The van der Waals surface area contributed by atoms with Gasteiger partial charge in [-0.2, -0.15) is 0 Å². The maximum Gasteiger partial charge on any atom is 0.0406 e. The van der Waals surface area contributed by atoms with Crippen molar-refractivity contribution in [2.75, 3.05) is 13.1 Å². The van der Waals surface area contributed by atoms with Crippen molar-refractivity contribution in [1.29, 1.82) is 0 Å². The summed E-state index contributed by atoms with van der Waals surface area (Å²) in [5.41, 5.74) is 12.7. The molecule has 2 atom stereocenters. The van der Waals surface area contributed by atoms with Gasteiger partial charge in [-0.1, -0.05) is 37.6 Å². The van der Waals surface area contributed by atoms with Gasteiger partial charge >= 0.3 is 0 Å². The van der Waals surface area contributed by atoms with Crippen molar-refractivity contribution >= 4 is 11.6 Å². The summed E-state index contributed by atoms with van der Waals surface area (Å²) in [6.07, 6.45) is 0. The van der Waals surface area contributed by atoms with Crippen molar-refractivity contribution in [2.24, 2.45) is 23.3 Å². The van der Waals surface area contributed by atoms with Gasteiger partial charge in [0.25, 0.3) is 0 Å². The summed E-state index contributed by atoms with van der Waals surface area (Å²) in [5.74, 6) is 1.32. The lowest BCUT2D eigenvalue weighted by Gasteiger charge is -2.27. The van der Waals surface area contributed by atoms with Crippen molar-refractivity contribution in [1.82, 2.24) is 0 Å². The lowest BCUT2D eigenvalue weighted by atomic mass is 9.80. The van der Waals surface area contributed by atoms with E-state index in [9.17, 15) is 0 Å². The van der Waals surface area contributed by atoms with E-state index in [1.54, 1.807) is 0 Å². The highest BCUT2D eigenvalue weighted by atomic mass is 35.5. The monoisotopic (exact) mass is 240 g/mol. The van der Waals surface area contributed by atoms with Crippen LogP contribution in [0.2, 0.25) is 5.02 Å². The number of benzene rings is 1. The SMILES string of the molecule is CC(c1ccc(Cl)cc1)C(C)C(CN)CN. The van der Waals surface area contributed by atoms with Crippen LogP contribution in [0.25, 0.3) is 0 Å². The molecular formula is C13H21ClN2. The summed E-state index contributed by atoms with van der Waals surface area (Å²) >= 11 is 5.87. The highest BCUT2D eigenvalue weighted by molar-refractivity contribution is 6.30.